The molecule has 1 aliphatic rings. The highest BCUT2D eigenvalue weighted by Crippen LogP contribution is 2.18. The molecule has 1 aromatic rings. The van der Waals surface area contributed by atoms with Gasteiger partial charge >= 0.3 is 11.7 Å². The van der Waals surface area contributed by atoms with Crippen LogP contribution >= 0.6 is 0 Å². The second kappa shape index (κ2) is 6.97. The highest BCUT2D eigenvalue weighted by molar-refractivity contribution is 6.34. The molecule has 5 nitrogen and oxygen atoms in total. The minimum absolute atomic E-state index is 0.0237. The van der Waals surface area contributed by atoms with Gasteiger partial charge in [-0.25, -0.2) is 4.79 Å². The molecule has 1 aromatic carbocycles. The van der Waals surface area contributed by atoms with Crippen LogP contribution in [0.2, 0.25) is 0 Å². The lowest BCUT2D eigenvalue weighted by Gasteiger charge is -2.26. The van der Waals surface area contributed by atoms with Crippen LogP contribution in [0.1, 0.15) is 18.1 Å². The van der Waals surface area contributed by atoms with E-state index in [1.54, 1.807) is 6.92 Å². The molecule has 0 saturated heterocycles. The standard InChI is InChI=1S/C16H19N3O2/c1-12(2)11-21-16(20)15(18-17)10-19-8-7-13-5-3-4-6-14(13)9-19/h3-6H,1,7-11H2,2H3. The minimum atomic E-state index is -0.598. The molecule has 0 aliphatic carbocycles. The molecular weight excluding hydrogens is 266 g/mol. The van der Waals surface area contributed by atoms with E-state index in [1.165, 1.54) is 11.1 Å². The number of ether oxygens (including phenoxy) is 1. The third-order valence-electron chi connectivity index (χ3n) is 3.39. The molecule has 0 saturated carbocycles. The van der Waals surface area contributed by atoms with Crippen molar-refractivity contribution >= 4 is 11.7 Å². The summed E-state index contributed by atoms with van der Waals surface area (Å²) >= 11 is 0. The molecule has 0 atom stereocenters. The SMILES string of the molecule is C=C(C)COC(=O)C(CN1CCc2ccccc2C1)=[N+]=[N-]. The lowest BCUT2D eigenvalue weighted by Crippen LogP contribution is -2.38. The molecule has 0 N–H and O–H groups in total. The van der Waals surface area contributed by atoms with Crippen molar-refractivity contribution in [1.29, 1.82) is 0 Å². The van der Waals surface area contributed by atoms with Crippen molar-refractivity contribution in [2.75, 3.05) is 19.7 Å². The van der Waals surface area contributed by atoms with Gasteiger partial charge in [0, 0.05) is 13.1 Å². The van der Waals surface area contributed by atoms with E-state index in [0.717, 1.165) is 25.1 Å². The van der Waals surface area contributed by atoms with Crippen molar-refractivity contribution in [3.63, 3.8) is 0 Å². The summed E-state index contributed by atoms with van der Waals surface area (Å²) in [6.45, 7) is 7.41. The lowest BCUT2D eigenvalue weighted by atomic mass is 10.00. The molecule has 0 amide bonds. The molecular formula is C16H19N3O2. The molecule has 21 heavy (non-hydrogen) atoms. The summed E-state index contributed by atoms with van der Waals surface area (Å²) in [6.07, 6.45) is 0.926. The fourth-order valence-electron chi connectivity index (χ4n) is 2.31. The number of carbonyl (C=O) groups is 1. The van der Waals surface area contributed by atoms with Gasteiger partial charge in [-0.15, -0.1) is 0 Å². The van der Waals surface area contributed by atoms with Crippen molar-refractivity contribution in [2.45, 2.75) is 19.9 Å². The van der Waals surface area contributed by atoms with E-state index in [-0.39, 0.29) is 18.9 Å². The first-order valence-corrected chi connectivity index (χ1v) is 6.91. The van der Waals surface area contributed by atoms with Crippen molar-refractivity contribution in [2.24, 2.45) is 0 Å². The molecule has 0 fully saturated rings. The summed E-state index contributed by atoms with van der Waals surface area (Å²) in [5, 5.41) is 0. The van der Waals surface area contributed by atoms with Crippen LogP contribution in [-0.4, -0.2) is 41.1 Å². The molecule has 0 spiro atoms. The Hall–Kier alpha value is -2.23. The number of esters is 1. The van der Waals surface area contributed by atoms with Crippen LogP contribution in [0.3, 0.4) is 0 Å². The number of hydrogen-bond donors (Lipinski definition) is 0. The summed E-state index contributed by atoms with van der Waals surface area (Å²) < 4.78 is 5.01. The van der Waals surface area contributed by atoms with Gasteiger partial charge < -0.3 is 10.3 Å². The lowest BCUT2D eigenvalue weighted by molar-refractivity contribution is -0.139. The van der Waals surface area contributed by atoms with Crippen LogP contribution in [0, 0.1) is 0 Å². The molecule has 5 heteroatoms. The first-order valence-electron chi connectivity index (χ1n) is 6.91. The third kappa shape index (κ3) is 4.12. The summed E-state index contributed by atoms with van der Waals surface area (Å²) in [4.78, 5) is 17.0. The van der Waals surface area contributed by atoms with Crippen molar-refractivity contribution in [1.82, 2.24) is 4.90 Å². The maximum atomic E-state index is 11.8. The normalized spacial score (nSPS) is 14.0. The Kier molecular flexibility index (Phi) is 5.04. The Balaban J connectivity index is 1.96. The van der Waals surface area contributed by atoms with E-state index in [1.807, 2.05) is 12.1 Å². The quantitative estimate of drug-likeness (QED) is 0.272. The van der Waals surface area contributed by atoms with Gasteiger partial charge in [-0.1, -0.05) is 30.8 Å². The van der Waals surface area contributed by atoms with Crippen LogP contribution in [0.4, 0.5) is 0 Å². The molecule has 0 unspecified atom stereocenters. The highest BCUT2D eigenvalue weighted by Gasteiger charge is 2.27. The van der Waals surface area contributed by atoms with Gasteiger partial charge in [0.25, 0.3) is 0 Å². The average molecular weight is 285 g/mol. The Bertz CT molecular complexity index is 603. The van der Waals surface area contributed by atoms with Gasteiger partial charge in [-0.2, -0.15) is 4.79 Å². The number of benzene rings is 1. The topological polar surface area (TPSA) is 65.9 Å². The monoisotopic (exact) mass is 285 g/mol. The summed E-state index contributed by atoms with van der Waals surface area (Å²) in [6, 6.07) is 8.24. The van der Waals surface area contributed by atoms with Crippen LogP contribution < -0.4 is 0 Å². The largest absolute Gasteiger partial charge is 0.453 e. The molecule has 1 heterocycles. The van der Waals surface area contributed by atoms with E-state index in [2.05, 4.69) is 28.4 Å². The summed E-state index contributed by atoms with van der Waals surface area (Å²) in [7, 11) is 0. The van der Waals surface area contributed by atoms with Gasteiger partial charge in [-0.3, -0.25) is 4.90 Å². The Morgan fingerprint density at radius 2 is 2.14 bits per heavy atom. The molecule has 110 valence electrons. The predicted octanol–water partition coefficient (Wildman–Crippen LogP) is 1.83. The average Bonchev–Trinajstić information content (AvgIpc) is 2.50. The molecule has 0 radical (unpaired) electrons. The Morgan fingerprint density at radius 1 is 1.43 bits per heavy atom. The molecule has 1 aliphatic heterocycles. The van der Waals surface area contributed by atoms with Crippen LogP contribution in [0.5, 0.6) is 0 Å². The zero-order valence-electron chi connectivity index (χ0n) is 12.2. The van der Waals surface area contributed by atoms with Gasteiger partial charge in [0.15, 0.2) is 0 Å². The van der Waals surface area contributed by atoms with Gasteiger partial charge in [0.05, 0.1) is 0 Å². The molecule has 2 rings (SSSR count). The number of carbonyl (C=O) groups excluding carboxylic acids is 1. The van der Waals surface area contributed by atoms with Crippen molar-refractivity contribution in [3.8, 4) is 0 Å². The zero-order valence-corrected chi connectivity index (χ0v) is 12.2. The van der Waals surface area contributed by atoms with Crippen molar-refractivity contribution < 1.29 is 14.3 Å². The first kappa shape index (κ1) is 15.2. The maximum Gasteiger partial charge on any atom is 0.418 e. The van der Waals surface area contributed by atoms with Gasteiger partial charge in [-0.05, 0) is 30.0 Å². The van der Waals surface area contributed by atoms with E-state index >= 15 is 0 Å². The third-order valence-corrected chi connectivity index (χ3v) is 3.39. The number of rotatable bonds is 5. The smallest absolute Gasteiger partial charge is 0.418 e. The second-order valence-electron chi connectivity index (χ2n) is 5.31. The van der Waals surface area contributed by atoms with Gasteiger partial charge in [0.2, 0.25) is 0 Å². The fourth-order valence-corrected chi connectivity index (χ4v) is 2.31. The highest BCUT2D eigenvalue weighted by atomic mass is 16.5. The predicted molar refractivity (Wildman–Crippen MR) is 79.8 cm³/mol. The maximum absolute atomic E-state index is 11.8. The number of hydrogen-bond acceptors (Lipinski definition) is 3. The van der Waals surface area contributed by atoms with E-state index in [0.29, 0.717) is 0 Å². The summed E-state index contributed by atoms with van der Waals surface area (Å²) in [5.74, 6) is -0.598. The van der Waals surface area contributed by atoms with Crippen LogP contribution in [0.25, 0.3) is 5.53 Å². The minimum Gasteiger partial charge on any atom is -0.453 e. The van der Waals surface area contributed by atoms with E-state index in [4.69, 9.17) is 10.3 Å². The Labute approximate surface area is 124 Å². The second-order valence-corrected chi connectivity index (χ2v) is 5.31. The summed E-state index contributed by atoms with van der Waals surface area (Å²) in [5.41, 5.74) is 12.4. The number of fused-ring (bicyclic) bond motifs is 1. The van der Waals surface area contributed by atoms with Crippen LogP contribution in [0.15, 0.2) is 36.4 Å². The Morgan fingerprint density at radius 3 is 2.81 bits per heavy atom. The number of nitrogens with zero attached hydrogens (tertiary/aromatic N) is 3. The van der Waals surface area contributed by atoms with E-state index < -0.39 is 5.97 Å². The zero-order chi connectivity index (χ0) is 15.2. The fraction of sp³-hybridized carbons (Fsp3) is 0.375. The van der Waals surface area contributed by atoms with Crippen molar-refractivity contribution in [3.05, 3.63) is 53.1 Å². The van der Waals surface area contributed by atoms with E-state index in [9.17, 15) is 4.79 Å². The van der Waals surface area contributed by atoms with Crippen LogP contribution in [-0.2, 0) is 22.5 Å². The molecule has 0 aromatic heterocycles. The molecule has 0 bridgehead atoms. The first-order chi connectivity index (χ1) is 10.1. The van der Waals surface area contributed by atoms with Gasteiger partial charge in [0.1, 0.15) is 13.2 Å².